The topological polar surface area (TPSA) is 78.9 Å². The van der Waals surface area contributed by atoms with Gasteiger partial charge in [-0.1, -0.05) is 24.3 Å². The molecule has 0 atom stereocenters. The number of hydrogen-bond acceptors (Lipinski definition) is 3. The van der Waals surface area contributed by atoms with E-state index in [9.17, 15) is 9.59 Å². The minimum Gasteiger partial charge on any atom is -0.465 e. The molecular weight excluding hydrogens is 320 g/mol. The predicted octanol–water partition coefficient (Wildman–Crippen LogP) is 3.35. The van der Waals surface area contributed by atoms with Crippen molar-refractivity contribution < 1.29 is 19.4 Å². The molecule has 0 saturated carbocycles. The molecule has 0 aromatic heterocycles. The van der Waals surface area contributed by atoms with Crippen LogP contribution in [0.15, 0.2) is 54.6 Å². The Balaban J connectivity index is 1.63. The van der Waals surface area contributed by atoms with Crippen molar-refractivity contribution in [3.8, 4) is 11.5 Å². The fourth-order valence-electron chi connectivity index (χ4n) is 2.90. The van der Waals surface area contributed by atoms with Crippen LogP contribution in [0, 0.1) is 0 Å². The molecule has 0 radical (unpaired) electrons. The molecule has 1 heterocycles. The Labute approximate surface area is 146 Å². The number of carboxylic acid groups (broad SMARTS) is 1. The van der Waals surface area contributed by atoms with Crippen molar-refractivity contribution in [2.24, 2.45) is 0 Å². The second-order valence-electron chi connectivity index (χ2n) is 5.96. The van der Waals surface area contributed by atoms with Crippen LogP contribution in [0.25, 0.3) is 0 Å². The van der Waals surface area contributed by atoms with Crippen LogP contribution in [0.3, 0.4) is 0 Å². The van der Waals surface area contributed by atoms with E-state index in [1.165, 1.54) is 0 Å². The summed E-state index contributed by atoms with van der Waals surface area (Å²) in [6.45, 7) is 1.07. The number of likely N-dealkylation sites (tertiary alicyclic amines) is 1. The van der Waals surface area contributed by atoms with Gasteiger partial charge in [0.15, 0.2) is 0 Å². The number of hydrogen-bond donors (Lipinski definition) is 2. The molecule has 0 unspecified atom stereocenters. The maximum absolute atomic E-state index is 12.7. The summed E-state index contributed by atoms with van der Waals surface area (Å²) < 4.78 is 5.77. The number of para-hydroxylation sites is 1. The van der Waals surface area contributed by atoms with Gasteiger partial charge in [-0.05, 0) is 43.2 Å². The van der Waals surface area contributed by atoms with Crippen molar-refractivity contribution in [3.63, 3.8) is 0 Å². The molecule has 2 aromatic rings. The first-order valence-corrected chi connectivity index (χ1v) is 8.23. The van der Waals surface area contributed by atoms with Crippen molar-refractivity contribution in [3.05, 3.63) is 60.2 Å². The highest BCUT2D eigenvalue weighted by Gasteiger charge is 2.24. The largest absolute Gasteiger partial charge is 0.465 e. The van der Waals surface area contributed by atoms with E-state index in [1.807, 2.05) is 36.4 Å². The molecule has 1 fully saturated rings. The molecule has 130 valence electrons. The van der Waals surface area contributed by atoms with Crippen LogP contribution in [0.1, 0.15) is 23.2 Å². The van der Waals surface area contributed by atoms with Gasteiger partial charge < -0.3 is 20.1 Å². The third-order valence-electron chi connectivity index (χ3n) is 4.17. The number of rotatable bonds is 4. The number of ether oxygens (including phenoxy) is 1. The Kier molecular flexibility index (Phi) is 5.18. The molecular formula is C19H20N2O4. The maximum Gasteiger partial charge on any atom is 0.404 e. The van der Waals surface area contributed by atoms with Crippen LogP contribution in [0.5, 0.6) is 11.5 Å². The van der Waals surface area contributed by atoms with E-state index in [-0.39, 0.29) is 11.9 Å². The van der Waals surface area contributed by atoms with Gasteiger partial charge in [0.2, 0.25) is 0 Å². The van der Waals surface area contributed by atoms with Crippen LogP contribution in [-0.2, 0) is 0 Å². The highest BCUT2D eigenvalue weighted by atomic mass is 16.5. The standard InChI is InChI=1S/C19H20N2O4/c22-18(21-11-9-15(10-12-21)20-19(23)24)14-5-4-8-17(13-14)25-16-6-2-1-3-7-16/h1-8,13,15,20H,9-12H2,(H,23,24). The van der Waals surface area contributed by atoms with E-state index in [4.69, 9.17) is 9.84 Å². The molecule has 1 aliphatic rings. The first-order chi connectivity index (χ1) is 12.1. The molecule has 1 aliphatic heterocycles. The number of carbonyl (C=O) groups is 2. The van der Waals surface area contributed by atoms with Gasteiger partial charge in [0.1, 0.15) is 11.5 Å². The highest BCUT2D eigenvalue weighted by molar-refractivity contribution is 5.94. The fourth-order valence-corrected chi connectivity index (χ4v) is 2.90. The normalized spacial score (nSPS) is 14.8. The monoisotopic (exact) mass is 340 g/mol. The molecule has 0 bridgehead atoms. The van der Waals surface area contributed by atoms with Crippen molar-refractivity contribution in [1.82, 2.24) is 10.2 Å². The molecule has 6 nitrogen and oxygen atoms in total. The van der Waals surface area contributed by atoms with Crippen LogP contribution in [0.2, 0.25) is 0 Å². The van der Waals surface area contributed by atoms with Gasteiger partial charge >= 0.3 is 6.09 Å². The van der Waals surface area contributed by atoms with Crippen molar-refractivity contribution in [1.29, 1.82) is 0 Å². The number of nitrogens with one attached hydrogen (secondary N) is 1. The molecule has 25 heavy (non-hydrogen) atoms. The molecule has 3 rings (SSSR count). The lowest BCUT2D eigenvalue weighted by molar-refractivity contribution is 0.0705. The summed E-state index contributed by atoms with van der Waals surface area (Å²) in [6, 6.07) is 16.4. The number of amides is 2. The maximum atomic E-state index is 12.7. The van der Waals surface area contributed by atoms with E-state index in [1.54, 1.807) is 23.1 Å². The number of carbonyl (C=O) groups excluding carboxylic acids is 1. The van der Waals surface area contributed by atoms with Gasteiger partial charge in [0, 0.05) is 24.7 Å². The average Bonchev–Trinajstić information content (AvgIpc) is 2.62. The summed E-state index contributed by atoms with van der Waals surface area (Å²) in [6.07, 6.45) is 0.229. The molecule has 2 aromatic carbocycles. The third kappa shape index (κ3) is 4.50. The highest BCUT2D eigenvalue weighted by Crippen LogP contribution is 2.23. The molecule has 0 aliphatic carbocycles. The van der Waals surface area contributed by atoms with Gasteiger partial charge in [0.25, 0.3) is 5.91 Å². The minimum absolute atomic E-state index is 0.0627. The van der Waals surface area contributed by atoms with Gasteiger partial charge in [0.05, 0.1) is 0 Å². The number of nitrogens with zero attached hydrogens (tertiary/aromatic N) is 1. The fraction of sp³-hybridized carbons (Fsp3) is 0.263. The van der Waals surface area contributed by atoms with Crippen molar-refractivity contribution in [2.45, 2.75) is 18.9 Å². The lowest BCUT2D eigenvalue weighted by atomic mass is 10.0. The van der Waals surface area contributed by atoms with Crippen LogP contribution >= 0.6 is 0 Å². The van der Waals surface area contributed by atoms with Crippen molar-refractivity contribution >= 4 is 12.0 Å². The zero-order valence-corrected chi connectivity index (χ0v) is 13.7. The summed E-state index contributed by atoms with van der Waals surface area (Å²) in [5, 5.41) is 11.2. The van der Waals surface area contributed by atoms with Crippen molar-refractivity contribution in [2.75, 3.05) is 13.1 Å². The first-order valence-electron chi connectivity index (χ1n) is 8.23. The van der Waals surface area contributed by atoms with Gasteiger partial charge in [-0.15, -0.1) is 0 Å². The first kappa shape index (κ1) is 16.8. The molecule has 6 heteroatoms. The quantitative estimate of drug-likeness (QED) is 0.894. The molecule has 2 amide bonds. The zero-order valence-electron chi connectivity index (χ0n) is 13.7. The second-order valence-corrected chi connectivity index (χ2v) is 5.96. The Hall–Kier alpha value is -3.02. The summed E-state index contributed by atoms with van der Waals surface area (Å²) in [5.74, 6) is 1.26. The average molecular weight is 340 g/mol. The van der Waals surface area contributed by atoms with E-state index >= 15 is 0 Å². The van der Waals surface area contributed by atoms with Gasteiger partial charge in [-0.25, -0.2) is 4.79 Å². The Bertz CT molecular complexity index is 740. The van der Waals surface area contributed by atoms with E-state index in [0.717, 1.165) is 0 Å². The third-order valence-corrected chi connectivity index (χ3v) is 4.17. The second kappa shape index (κ2) is 7.70. The Morgan fingerprint density at radius 2 is 1.68 bits per heavy atom. The lowest BCUT2D eigenvalue weighted by Crippen LogP contribution is -2.46. The van der Waals surface area contributed by atoms with Gasteiger partial charge in [-0.2, -0.15) is 0 Å². The molecule has 1 saturated heterocycles. The lowest BCUT2D eigenvalue weighted by Gasteiger charge is -2.31. The van der Waals surface area contributed by atoms with Gasteiger partial charge in [-0.3, -0.25) is 4.79 Å². The summed E-state index contributed by atoms with van der Waals surface area (Å²) in [5.41, 5.74) is 0.568. The Morgan fingerprint density at radius 1 is 1.00 bits per heavy atom. The SMILES string of the molecule is O=C(O)NC1CCN(C(=O)c2cccc(Oc3ccccc3)c2)CC1. The minimum atomic E-state index is -1.02. The summed E-state index contributed by atoms with van der Waals surface area (Å²) >= 11 is 0. The van der Waals surface area contributed by atoms with Crippen LogP contribution in [-0.4, -0.2) is 41.1 Å². The van der Waals surface area contributed by atoms with E-state index in [2.05, 4.69) is 5.32 Å². The predicted molar refractivity (Wildman–Crippen MR) is 93.0 cm³/mol. The molecule has 0 spiro atoms. The number of benzene rings is 2. The number of piperidine rings is 1. The Morgan fingerprint density at radius 3 is 2.36 bits per heavy atom. The zero-order chi connectivity index (χ0) is 17.6. The molecule has 2 N–H and O–H groups in total. The smallest absolute Gasteiger partial charge is 0.404 e. The van der Waals surface area contributed by atoms with Crippen LogP contribution in [0.4, 0.5) is 4.79 Å². The van der Waals surface area contributed by atoms with E-state index in [0.29, 0.717) is 43.0 Å². The van der Waals surface area contributed by atoms with Crippen LogP contribution < -0.4 is 10.1 Å². The summed E-state index contributed by atoms with van der Waals surface area (Å²) in [4.78, 5) is 25.1. The van der Waals surface area contributed by atoms with E-state index < -0.39 is 6.09 Å². The summed E-state index contributed by atoms with van der Waals surface area (Å²) in [7, 11) is 0.